The minimum atomic E-state index is -0.260. The van der Waals surface area contributed by atoms with Gasteiger partial charge in [0.15, 0.2) is 0 Å². The molecule has 1 amide bonds. The van der Waals surface area contributed by atoms with Gasteiger partial charge in [0.2, 0.25) is 0 Å². The van der Waals surface area contributed by atoms with Gasteiger partial charge >= 0.3 is 154 Å². The third kappa shape index (κ3) is 4.07. The van der Waals surface area contributed by atoms with Crippen LogP contribution in [0.15, 0.2) is 48.8 Å². The van der Waals surface area contributed by atoms with Crippen LogP contribution in [0.4, 0.5) is 0 Å². The standard InChI is InChI=1S/C20H23BN4O/c1-5-20(3,4)23-19(26)17-10-16(15-8-6-14(2)7-9-15)11-18(12-17)25-13-22-21-24-25/h6-13H,5H2,1-4H3,(H,23,26). The fourth-order valence-electron chi connectivity index (χ4n) is 2.60. The summed E-state index contributed by atoms with van der Waals surface area (Å²) in [6, 6.07) is 14.0. The summed E-state index contributed by atoms with van der Waals surface area (Å²) in [7, 11) is 1.48. The van der Waals surface area contributed by atoms with Gasteiger partial charge in [-0.3, -0.25) is 0 Å². The van der Waals surface area contributed by atoms with Crippen LogP contribution in [-0.2, 0) is 0 Å². The first-order valence-electron chi connectivity index (χ1n) is 8.77. The molecule has 0 aliphatic heterocycles. The molecule has 5 nitrogen and oxygen atoms in total. The summed E-state index contributed by atoms with van der Waals surface area (Å²) >= 11 is 0. The molecule has 3 rings (SSSR count). The van der Waals surface area contributed by atoms with Gasteiger partial charge in [-0.2, -0.15) is 0 Å². The Kier molecular flexibility index (Phi) is 5.02. The number of carbonyl (C=O) groups excluding carboxylic acids is 1. The van der Waals surface area contributed by atoms with Gasteiger partial charge in [0.1, 0.15) is 0 Å². The van der Waals surface area contributed by atoms with Crippen LogP contribution < -0.4 is 5.32 Å². The molecule has 1 heterocycles. The van der Waals surface area contributed by atoms with Gasteiger partial charge < -0.3 is 0 Å². The Labute approximate surface area is 154 Å². The fraction of sp³-hybridized carbons (Fsp3) is 0.300. The number of amides is 1. The summed E-state index contributed by atoms with van der Waals surface area (Å²) in [5.74, 6) is -0.0906. The minimum absolute atomic E-state index is 0.0906. The maximum atomic E-state index is 12.8. The molecule has 0 atom stereocenters. The first-order chi connectivity index (χ1) is 12.4. The molecule has 2 aromatic carbocycles. The molecule has 26 heavy (non-hydrogen) atoms. The van der Waals surface area contributed by atoms with E-state index in [2.05, 4.69) is 53.3 Å². The Balaban J connectivity index is 2.06. The van der Waals surface area contributed by atoms with E-state index in [4.69, 9.17) is 0 Å². The predicted molar refractivity (Wildman–Crippen MR) is 105 cm³/mol. The summed E-state index contributed by atoms with van der Waals surface area (Å²) in [4.78, 5) is 16.8. The van der Waals surface area contributed by atoms with Crippen molar-refractivity contribution in [3.8, 4) is 16.8 Å². The Morgan fingerprint density at radius 1 is 1.15 bits per heavy atom. The first kappa shape index (κ1) is 18.0. The summed E-state index contributed by atoms with van der Waals surface area (Å²) in [5, 5.41) is 7.30. The van der Waals surface area contributed by atoms with E-state index in [0.717, 1.165) is 23.2 Å². The van der Waals surface area contributed by atoms with Gasteiger partial charge in [0, 0.05) is 0 Å². The Hall–Kier alpha value is -2.76. The van der Waals surface area contributed by atoms with Crippen LogP contribution in [0.1, 0.15) is 43.1 Å². The quantitative estimate of drug-likeness (QED) is 0.769. The van der Waals surface area contributed by atoms with Crippen molar-refractivity contribution in [2.24, 2.45) is 0 Å². The first-order valence-corrected chi connectivity index (χ1v) is 8.77. The molecule has 1 N–H and O–H groups in total. The molecule has 3 aromatic rings. The van der Waals surface area contributed by atoms with Gasteiger partial charge in [0.05, 0.1) is 0 Å². The molecule has 0 saturated carbocycles. The number of rotatable bonds is 5. The molecule has 6 heteroatoms. The summed E-state index contributed by atoms with van der Waals surface area (Å²) in [6.45, 7) is 8.16. The molecule has 1 aromatic heterocycles. The van der Waals surface area contributed by atoms with Gasteiger partial charge in [-0.15, -0.1) is 0 Å². The van der Waals surface area contributed by atoms with Crippen molar-refractivity contribution in [3.05, 3.63) is 59.9 Å². The Morgan fingerprint density at radius 2 is 1.88 bits per heavy atom. The number of hydrogen-bond donors (Lipinski definition) is 1. The average molecular weight is 346 g/mol. The van der Waals surface area contributed by atoms with Crippen LogP contribution in [0.3, 0.4) is 0 Å². The third-order valence-electron chi connectivity index (χ3n) is 4.58. The fourth-order valence-corrected chi connectivity index (χ4v) is 2.60. The maximum absolute atomic E-state index is 12.8. The van der Waals surface area contributed by atoms with Gasteiger partial charge in [0.25, 0.3) is 0 Å². The second-order valence-corrected chi connectivity index (χ2v) is 7.17. The molecule has 0 aliphatic carbocycles. The van der Waals surface area contributed by atoms with Gasteiger partial charge in [-0.1, -0.05) is 0 Å². The normalized spacial score (nSPS) is 11.2. The van der Waals surface area contributed by atoms with Crippen LogP contribution in [0.5, 0.6) is 0 Å². The molecular weight excluding hydrogens is 323 g/mol. The van der Waals surface area contributed by atoms with Crippen molar-refractivity contribution in [3.63, 3.8) is 0 Å². The molecule has 0 fully saturated rings. The number of nitrogens with zero attached hydrogens (tertiary/aromatic N) is 3. The monoisotopic (exact) mass is 346 g/mol. The molecule has 0 unspecified atom stereocenters. The molecule has 0 bridgehead atoms. The number of nitrogens with one attached hydrogen (secondary N) is 1. The van der Waals surface area contributed by atoms with E-state index in [9.17, 15) is 4.79 Å². The zero-order valence-corrected chi connectivity index (χ0v) is 15.7. The molecule has 0 aliphatic rings. The van der Waals surface area contributed by atoms with Crippen molar-refractivity contribution in [2.75, 3.05) is 0 Å². The Bertz CT molecular complexity index is 902. The molecular formula is C20H23BN4O. The topological polar surface area (TPSA) is 59.8 Å². The molecule has 132 valence electrons. The zero-order valence-electron chi connectivity index (χ0n) is 15.7. The van der Waals surface area contributed by atoms with E-state index >= 15 is 0 Å². The van der Waals surface area contributed by atoms with E-state index in [-0.39, 0.29) is 11.4 Å². The number of hydrogen-bond acceptors (Lipinski definition) is 3. The van der Waals surface area contributed by atoms with E-state index in [1.54, 1.807) is 11.0 Å². The second-order valence-electron chi connectivity index (χ2n) is 7.17. The SMILES string of the molecule is CCC(C)(C)NC(=O)c1cc(-c2ccc(C)cc2)cc(-n2cnbn2)c1. The van der Waals surface area contributed by atoms with Crippen molar-refractivity contribution in [1.82, 2.24) is 19.9 Å². The van der Waals surface area contributed by atoms with Crippen LogP contribution >= 0.6 is 0 Å². The van der Waals surface area contributed by atoms with Crippen molar-refractivity contribution >= 4 is 13.1 Å². The number of aromatic nitrogens is 3. The van der Waals surface area contributed by atoms with Crippen molar-refractivity contribution in [1.29, 1.82) is 0 Å². The van der Waals surface area contributed by atoms with Gasteiger partial charge in [-0.05, 0) is 0 Å². The van der Waals surface area contributed by atoms with E-state index in [1.165, 1.54) is 12.8 Å². The molecule has 0 radical (unpaired) electrons. The van der Waals surface area contributed by atoms with E-state index in [0.29, 0.717) is 5.56 Å². The summed E-state index contributed by atoms with van der Waals surface area (Å²) < 4.78 is 1.67. The van der Waals surface area contributed by atoms with Crippen LogP contribution in [0.25, 0.3) is 16.8 Å². The molecule has 0 spiro atoms. The second kappa shape index (κ2) is 7.24. The zero-order chi connectivity index (χ0) is 18.7. The number of benzene rings is 2. The predicted octanol–water partition coefficient (Wildman–Crippen LogP) is 3.50. The Morgan fingerprint density at radius 3 is 2.50 bits per heavy atom. The van der Waals surface area contributed by atoms with Crippen molar-refractivity contribution < 1.29 is 4.79 Å². The van der Waals surface area contributed by atoms with E-state index < -0.39 is 0 Å². The molecule has 0 saturated heterocycles. The van der Waals surface area contributed by atoms with Crippen LogP contribution in [0.2, 0.25) is 0 Å². The van der Waals surface area contributed by atoms with E-state index in [1.807, 2.05) is 32.0 Å². The van der Waals surface area contributed by atoms with Crippen LogP contribution in [-0.4, -0.2) is 33.2 Å². The van der Waals surface area contributed by atoms with Crippen LogP contribution in [0, 0.1) is 6.92 Å². The number of aryl methyl sites for hydroxylation is 1. The summed E-state index contributed by atoms with van der Waals surface area (Å²) in [6.07, 6.45) is 2.48. The van der Waals surface area contributed by atoms with Crippen molar-refractivity contribution in [2.45, 2.75) is 39.7 Å². The number of carbonyl (C=O) groups is 1. The third-order valence-corrected chi connectivity index (χ3v) is 4.58. The van der Waals surface area contributed by atoms with Gasteiger partial charge in [-0.25, -0.2) is 0 Å². The average Bonchev–Trinajstić information content (AvgIpc) is 3.16. The summed E-state index contributed by atoms with van der Waals surface area (Å²) in [5.41, 5.74) is 4.38.